The molecule has 0 amide bonds. The SMILES string of the molecule is BCCCC(N(CCCC)CCCC)N(CCCC)CCCC. The average Bonchev–Trinajstić information content (AvgIpc) is 2.57. The van der Waals surface area contributed by atoms with Gasteiger partial charge in [-0.2, -0.15) is 0 Å². The minimum Gasteiger partial charge on any atom is -0.288 e. The molecule has 0 saturated carbocycles. The van der Waals surface area contributed by atoms with Crippen LogP contribution in [0.3, 0.4) is 0 Å². The van der Waals surface area contributed by atoms with Crippen molar-refractivity contribution in [3.63, 3.8) is 0 Å². The molecule has 138 valence electrons. The van der Waals surface area contributed by atoms with Gasteiger partial charge in [-0.15, -0.1) is 0 Å². The summed E-state index contributed by atoms with van der Waals surface area (Å²) in [5.74, 6) is 0. The van der Waals surface area contributed by atoms with Gasteiger partial charge in [0.1, 0.15) is 7.85 Å². The second-order valence-electron chi connectivity index (χ2n) is 7.11. The van der Waals surface area contributed by atoms with E-state index in [1.165, 1.54) is 96.7 Å². The summed E-state index contributed by atoms with van der Waals surface area (Å²) in [4.78, 5) is 5.65. The molecule has 0 atom stereocenters. The molecule has 0 aromatic heterocycles. The van der Waals surface area contributed by atoms with Crippen LogP contribution in [0, 0.1) is 0 Å². The molecular weight excluding hydrogens is 279 g/mol. The molecule has 0 radical (unpaired) electrons. The fourth-order valence-electron chi connectivity index (χ4n) is 3.25. The van der Waals surface area contributed by atoms with Gasteiger partial charge in [0.25, 0.3) is 0 Å². The molecule has 0 heterocycles. The maximum absolute atomic E-state index is 2.83. The molecular formula is C20H45BN2. The largest absolute Gasteiger partial charge is 0.288 e. The fourth-order valence-corrected chi connectivity index (χ4v) is 3.25. The van der Waals surface area contributed by atoms with Crippen molar-refractivity contribution in [2.75, 3.05) is 26.2 Å². The number of hydrogen-bond acceptors (Lipinski definition) is 2. The lowest BCUT2D eigenvalue weighted by Crippen LogP contribution is -2.50. The van der Waals surface area contributed by atoms with Crippen LogP contribution in [0.4, 0.5) is 0 Å². The van der Waals surface area contributed by atoms with Gasteiger partial charge < -0.3 is 0 Å². The Morgan fingerprint density at radius 3 is 1.22 bits per heavy atom. The Kier molecular flexibility index (Phi) is 16.8. The molecule has 0 fully saturated rings. The molecule has 0 unspecified atom stereocenters. The van der Waals surface area contributed by atoms with E-state index in [1.807, 2.05) is 0 Å². The molecule has 0 spiro atoms. The zero-order valence-corrected chi connectivity index (χ0v) is 17.1. The summed E-state index contributed by atoms with van der Waals surface area (Å²) >= 11 is 0. The van der Waals surface area contributed by atoms with Crippen LogP contribution in [0.25, 0.3) is 0 Å². The van der Waals surface area contributed by atoms with E-state index in [0.717, 1.165) is 0 Å². The molecule has 0 aliphatic rings. The standard InChI is InChI=1S/C20H45BN2/c1-5-9-16-22(17-10-6-2)20(14-13-15-21)23(18-11-7-3)19-12-8-4/h20H,5-19,21H2,1-4H3. The summed E-state index contributed by atoms with van der Waals surface area (Å²) in [6, 6.07) is 0. The Balaban J connectivity index is 4.97. The topological polar surface area (TPSA) is 6.48 Å². The molecule has 0 bridgehead atoms. The van der Waals surface area contributed by atoms with Gasteiger partial charge >= 0.3 is 0 Å². The van der Waals surface area contributed by atoms with Crippen molar-refractivity contribution in [3.8, 4) is 0 Å². The summed E-state index contributed by atoms with van der Waals surface area (Å²) in [6.45, 7) is 14.5. The number of rotatable bonds is 17. The first-order chi connectivity index (χ1) is 11.2. The first-order valence-corrected chi connectivity index (χ1v) is 10.7. The molecule has 0 aliphatic carbocycles. The van der Waals surface area contributed by atoms with E-state index in [1.54, 1.807) is 0 Å². The van der Waals surface area contributed by atoms with Crippen LogP contribution in [0.5, 0.6) is 0 Å². The molecule has 0 saturated heterocycles. The Morgan fingerprint density at radius 1 is 0.609 bits per heavy atom. The highest BCUT2D eigenvalue weighted by Crippen LogP contribution is 2.18. The van der Waals surface area contributed by atoms with E-state index in [9.17, 15) is 0 Å². The molecule has 0 aromatic rings. The van der Waals surface area contributed by atoms with Crippen LogP contribution in [-0.4, -0.2) is 50.0 Å². The van der Waals surface area contributed by atoms with Crippen molar-refractivity contribution in [3.05, 3.63) is 0 Å². The monoisotopic (exact) mass is 324 g/mol. The molecule has 0 rings (SSSR count). The summed E-state index contributed by atoms with van der Waals surface area (Å²) in [7, 11) is 2.34. The minimum atomic E-state index is 0.686. The summed E-state index contributed by atoms with van der Waals surface area (Å²) in [5.41, 5.74) is 0. The van der Waals surface area contributed by atoms with Gasteiger partial charge in [0.2, 0.25) is 0 Å². The normalized spacial score (nSPS) is 12.0. The van der Waals surface area contributed by atoms with Crippen molar-refractivity contribution in [2.24, 2.45) is 0 Å². The van der Waals surface area contributed by atoms with E-state index < -0.39 is 0 Å². The molecule has 2 nitrogen and oxygen atoms in total. The van der Waals surface area contributed by atoms with Gasteiger partial charge in [-0.25, -0.2) is 0 Å². The Labute approximate surface area is 148 Å². The smallest absolute Gasteiger partial charge is 0.101 e. The summed E-state index contributed by atoms with van der Waals surface area (Å²) < 4.78 is 0. The quantitative estimate of drug-likeness (QED) is 0.276. The fraction of sp³-hybridized carbons (Fsp3) is 1.00. The van der Waals surface area contributed by atoms with Crippen LogP contribution in [0.2, 0.25) is 6.32 Å². The highest BCUT2D eigenvalue weighted by Gasteiger charge is 2.23. The molecule has 0 aliphatic heterocycles. The molecule has 23 heavy (non-hydrogen) atoms. The van der Waals surface area contributed by atoms with Gasteiger partial charge in [0.05, 0.1) is 6.17 Å². The summed E-state index contributed by atoms with van der Waals surface area (Å²) in [5, 5.41) is 0. The van der Waals surface area contributed by atoms with E-state index >= 15 is 0 Å². The first-order valence-electron chi connectivity index (χ1n) is 10.7. The maximum Gasteiger partial charge on any atom is 0.101 e. The zero-order valence-electron chi connectivity index (χ0n) is 17.1. The third kappa shape index (κ3) is 11.2. The van der Waals surface area contributed by atoms with Crippen LogP contribution in [0.1, 0.15) is 91.9 Å². The van der Waals surface area contributed by atoms with E-state index in [0.29, 0.717) is 6.17 Å². The Bertz CT molecular complexity index is 200. The number of hydrogen-bond donors (Lipinski definition) is 0. The van der Waals surface area contributed by atoms with Gasteiger partial charge in [-0.3, -0.25) is 9.80 Å². The lowest BCUT2D eigenvalue weighted by Gasteiger charge is -2.40. The first kappa shape index (κ1) is 23.0. The maximum atomic E-state index is 2.83. The Hall–Kier alpha value is -0.0151. The van der Waals surface area contributed by atoms with Gasteiger partial charge in [-0.1, -0.05) is 66.1 Å². The van der Waals surface area contributed by atoms with E-state index in [-0.39, 0.29) is 0 Å². The minimum absolute atomic E-state index is 0.686. The number of unbranched alkanes of at least 4 members (excludes halogenated alkanes) is 4. The van der Waals surface area contributed by atoms with E-state index in [4.69, 9.17) is 0 Å². The highest BCUT2D eigenvalue weighted by molar-refractivity contribution is 6.08. The lowest BCUT2D eigenvalue weighted by molar-refractivity contribution is 0.0306. The zero-order chi connectivity index (χ0) is 17.3. The second-order valence-corrected chi connectivity index (χ2v) is 7.11. The highest BCUT2D eigenvalue weighted by atomic mass is 15.3. The van der Waals surface area contributed by atoms with Crippen molar-refractivity contribution >= 4 is 7.85 Å². The third-order valence-corrected chi connectivity index (χ3v) is 4.85. The van der Waals surface area contributed by atoms with Crippen molar-refractivity contribution in [1.29, 1.82) is 0 Å². The predicted octanol–water partition coefficient (Wildman–Crippen LogP) is 4.95. The average molecular weight is 324 g/mol. The Morgan fingerprint density at radius 2 is 0.957 bits per heavy atom. The lowest BCUT2D eigenvalue weighted by atomic mass is 9.98. The van der Waals surface area contributed by atoms with Gasteiger partial charge in [0, 0.05) is 0 Å². The van der Waals surface area contributed by atoms with Crippen LogP contribution in [0.15, 0.2) is 0 Å². The second kappa shape index (κ2) is 16.8. The molecule has 3 heteroatoms. The molecule has 0 N–H and O–H groups in total. The van der Waals surface area contributed by atoms with Crippen molar-refractivity contribution in [2.45, 2.75) is 104 Å². The molecule has 0 aromatic carbocycles. The van der Waals surface area contributed by atoms with Crippen molar-refractivity contribution < 1.29 is 0 Å². The van der Waals surface area contributed by atoms with E-state index in [2.05, 4.69) is 45.3 Å². The predicted molar refractivity (Wildman–Crippen MR) is 109 cm³/mol. The van der Waals surface area contributed by atoms with Crippen molar-refractivity contribution in [1.82, 2.24) is 9.80 Å². The third-order valence-electron chi connectivity index (χ3n) is 4.85. The summed E-state index contributed by atoms with van der Waals surface area (Å²) in [6.07, 6.45) is 15.4. The van der Waals surface area contributed by atoms with Crippen LogP contribution in [-0.2, 0) is 0 Å². The van der Waals surface area contributed by atoms with Crippen LogP contribution < -0.4 is 0 Å². The van der Waals surface area contributed by atoms with Gasteiger partial charge in [0.15, 0.2) is 0 Å². The van der Waals surface area contributed by atoms with Crippen LogP contribution >= 0.6 is 0 Å². The number of nitrogens with zero attached hydrogens (tertiary/aromatic N) is 2. The van der Waals surface area contributed by atoms with Gasteiger partial charge in [-0.05, 0) is 58.3 Å².